The minimum absolute atomic E-state index is 0. The van der Waals surface area contributed by atoms with Crippen LogP contribution in [0, 0.1) is 0 Å². The second kappa shape index (κ2) is 11.9. The zero-order valence-corrected chi connectivity index (χ0v) is 12.3. The molecular weight excluding hydrogens is 229 g/mol. The van der Waals surface area contributed by atoms with E-state index < -0.39 is 7.82 Å². The molecule has 4 nitrogen and oxygen atoms in total. The van der Waals surface area contributed by atoms with Gasteiger partial charge in [0.15, 0.2) is 0 Å². The van der Waals surface area contributed by atoms with Crippen LogP contribution in [0.1, 0.15) is 33.6 Å². The summed E-state index contributed by atoms with van der Waals surface area (Å²) in [6.07, 6.45) is 5.47. The van der Waals surface area contributed by atoms with Crippen molar-refractivity contribution in [1.29, 1.82) is 0 Å². The zero-order chi connectivity index (χ0) is 11.9. The fourth-order valence-corrected chi connectivity index (χ4v) is 1.22. The molecule has 0 aromatic rings. The molecule has 7 heteroatoms. The summed E-state index contributed by atoms with van der Waals surface area (Å²) in [5.41, 5.74) is 2.27. The molecule has 0 aromatic heterocycles. The van der Waals surface area contributed by atoms with Gasteiger partial charge < -0.3 is 18.9 Å². The van der Waals surface area contributed by atoms with E-state index in [9.17, 15) is 14.4 Å². The molecule has 0 saturated heterocycles. The first-order chi connectivity index (χ1) is 6.81. The quantitative estimate of drug-likeness (QED) is 0.269. The Labute approximate surface area is 127 Å². The Hall–Kier alpha value is 0.785. The molecule has 0 aliphatic rings. The molecule has 0 N–H and O–H groups in total. The van der Waals surface area contributed by atoms with Gasteiger partial charge >= 0.3 is 37.7 Å². The number of hydrogen-bond acceptors (Lipinski definition) is 4. The minimum atomic E-state index is -4.82. The fourth-order valence-electron chi connectivity index (χ4n) is 0.961. The summed E-state index contributed by atoms with van der Waals surface area (Å²) >= 11 is 0. The molecule has 0 amide bonds. The molecule has 17 heavy (non-hydrogen) atoms. The van der Waals surface area contributed by atoms with Gasteiger partial charge in [0.2, 0.25) is 0 Å². The summed E-state index contributed by atoms with van der Waals surface area (Å²) in [4.78, 5) is 20.3. The standard InChI is InChI=1S/C10H19O4P.2Li/c1-9(2)5-4-6-10(3)7-8-14-15(11,12)13;;/h5,7H,4,6,8H2,1-3H3,(H2,11,12,13);;/q;2*+1/p-2/b10-7+;;. The Morgan fingerprint density at radius 1 is 1.18 bits per heavy atom. The number of rotatable bonds is 6. The SMILES string of the molecule is CC(C)=CCC/C(C)=C/COP(=O)([O-])[O-].[Li+].[Li+]. The van der Waals surface area contributed by atoms with Crippen LogP contribution in [-0.2, 0) is 9.09 Å². The predicted molar refractivity (Wildman–Crippen MR) is 56.0 cm³/mol. The molecule has 0 aromatic carbocycles. The molecule has 0 heterocycles. The molecule has 0 unspecified atom stereocenters. The topological polar surface area (TPSA) is 72.4 Å². The molecule has 0 bridgehead atoms. The Balaban J connectivity index is -0.000000980. The number of phosphoric acid groups is 1. The van der Waals surface area contributed by atoms with Gasteiger partial charge in [-0.2, -0.15) is 0 Å². The van der Waals surface area contributed by atoms with E-state index in [-0.39, 0.29) is 44.3 Å². The van der Waals surface area contributed by atoms with Gasteiger partial charge in [-0.05, 0) is 33.6 Å². The predicted octanol–water partition coefficient (Wildman–Crippen LogP) is -4.47. The smallest absolute Gasteiger partial charge is 0.790 e. The first kappa shape index (κ1) is 22.9. The van der Waals surface area contributed by atoms with Crippen molar-refractivity contribution in [3.8, 4) is 0 Å². The van der Waals surface area contributed by atoms with Crippen LogP contribution >= 0.6 is 7.82 Å². The van der Waals surface area contributed by atoms with Crippen molar-refractivity contribution in [2.24, 2.45) is 0 Å². The number of allylic oxidation sites excluding steroid dienone is 3. The Morgan fingerprint density at radius 3 is 2.12 bits per heavy atom. The summed E-state index contributed by atoms with van der Waals surface area (Å²) in [6, 6.07) is 0. The number of phosphoric ester groups is 1. The monoisotopic (exact) mass is 246 g/mol. The third-order valence-corrected chi connectivity index (χ3v) is 2.22. The van der Waals surface area contributed by atoms with Crippen LogP contribution in [0.25, 0.3) is 0 Å². The first-order valence-electron chi connectivity index (χ1n) is 4.77. The van der Waals surface area contributed by atoms with Crippen LogP contribution in [0.5, 0.6) is 0 Å². The van der Waals surface area contributed by atoms with Crippen molar-refractivity contribution >= 4 is 7.82 Å². The molecule has 0 spiro atoms. The van der Waals surface area contributed by atoms with E-state index in [1.807, 2.05) is 20.8 Å². The van der Waals surface area contributed by atoms with E-state index in [2.05, 4.69) is 10.6 Å². The molecule has 0 atom stereocenters. The first-order valence-corrected chi connectivity index (χ1v) is 6.23. The normalized spacial score (nSPS) is 11.2. The van der Waals surface area contributed by atoms with Gasteiger partial charge in [-0.25, -0.2) is 0 Å². The van der Waals surface area contributed by atoms with Crippen LogP contribution in [0.4, 0.5) is 0 Å². The van der Waals surface area contributed by atoms with Gasteiger partial charge in [-0.1, -0.05) is 23.3 Å². The van der Waals surface area contributed by atoms with Crippen molar-refractivity contribution in [3.63, 3.8) is 0 Å². The Kier molecular flexibility index (Phi) is 16.0. The fraction of sp³-hybridized carbons (Fsp3) is 0.600. The van der Waals surface area contributed by atoms with Crippen LogP contribution < -0.4 is 47.5 Å². The molecule has 88 valence electrons. The van der Waals surface area contributed by atoms with Crippen molar-refractivity contribution in [2.45, 2.75) is 33.6 Å². The molecule has 0 radical (unpaired) electrons. The Morgan fingerprint density at radius 2 is 1.71 bits per heavy atom. The van der Waals surface area contributed by atoms with E-state index in [1.54, 1.807) is 6.08 Å². The largest absolute Gasteiger partial charge is 1.00 e. The maximum atomic E-state index is 10.1. The molecule has 0 aliphatic heterocycles. The molecule has 0 rings (SSSR count). The molecule has 0 aliphatic carbocycles. The summed E-state index contributed by atoms with van der Waals surface area (Å²) in [5, 5.41) is 0. The van der Waals surface area contributed by atoms with Gasteiger partial charge in [0, 0.05) is 0 Å². The van der Waals surface area contributed by atoms with Crippen molar-refractivity contribution in [2.75, 3.05) is 6.61 Å². The average Bonchev–Trinajstić information content (AvgIpc) is 2.00. The van der Waals surface area contributed by atoms with Crippen molar-refractivity contribution in [1.82, 2.24) is 0 Å². The van der Waals surface area contributed by atoms with Gasteiger partial charge in [0.25, 0.3) is 0 Å². The minimum Gasteiger partial charge on any atom is -0.790 e. The number of hydrogen-bond donors (Lipinski definition) is 0. The van der Waals surface area contributed by atoms with E-state index in [4.69, 9.17) is 0 Å². The third kappa shape index (κ3) is 19.3. The van der Waals surface area contributed by atoms with E-state index in [0.29, 0.717) is 0 Å². The van der Waals surface area contributed by atoms with Crippen LogP contribution in [0.2, 0.25) is 0 Å². The van der Waals surface area contributed by atoms with Crippen molar-refractivity contribution in [3.05, 3.63) is 23.3 Å². The third-order valence-electron chi connectivity index (χ3n) is 1.76. The maximum absolute atomic E-state index is 10.1. The van der Waals surface area contributed by atoms with E-state index in [0.717, 1.165) is 18.4 Å². The van der Waals surface area contributed by atoms with Gasteiger partial charge in [-0.15, -0.1) is 0 Å². The van der Waals surface area contributed by atoms with Gasteiger partial charge in [0.05, 0.1) is 14.4 Å². The summed E-state index contributed by atoms with van der Waals surface area (Å²) < 4.78 is 14.2. The zero-order valence-electron chi connectivity index (χ0n) is 11.4. The maximum Gasteiger partial charge on any atom is 1.00 e. The second-order valence-corrected chi connectivity index (χ2v) is 4.77. The molecule has 0 fully saturated rings. The summed E-state index contributed by atoms with van der Waals surface area (Å²) in [6.45, 7) is 5.76. The molecule has 0 saturated carbocycles. The van der Waals surface area contributed by atoms with Gasteiger partial charge in [0.1, 0.15) is 0 Å². The van der Waals surface area contributed by atoms with Crippen LogP contribution in [0.3, 0.4) is 0 Å². The second-order valence-electron chi connectivity index (χ2n) is 3.61. The van der Waals surface area contributed by atoms with E-state index >= 15 is 0 Å². The van der Waals surface area contributed by atoms with Crippen molar-refractivity contribution < 1.29 is 56.6 Å². The molecular formula is C10H17Li2O4P. The van der Waals surface area contributed by atoms with Crippen LogP contribution in [0.15, 0.2) is 23.3 Å². The van der Waals surface area contributed by atoms with E-state index in [1.165, 1.54) is 5.57 Å². The summed E-state index contributed by atoms with van der Waals surface area (Å²) in [7, 11) is -4.82. The summed E-state index contributed by atoms with van der Waals surface area (Å²) in [5.74, 6) is 0. The average molecular weight is 246 g/mol. The van der Waals surface area contributed by atoms with Gasteiger partial charge in [-0.3, -0.25) is 0 Å². The van der Waals surface area contributed by atoms with Crippen LogP contribution in [-0.4, -0.2) is 6.61 Å². The Bertz CT molecular complexity index is 293.